The van der Waals surface area contributed by atoms with Crippen molar-refractivity contribution in [1.82, 2.24) is 4.98 Å². The van der Waals surface area contributed by atoms with Crippen LogP contribution in [0.15, 0.2) is 60.9 Å². The molecule has 0 radical (unpaired) electrons. The number of nitrogens with one attached hydrogen (secondary N) is 1. The van der Waals surface area contributed by atoms with Gasteiger partial charge in [-0.1, -0.05) is 6.07 Å². The molecule has 2 aromatic carbocycles. The fourth-order valence-corrected chi connectivity index (χ4v) is 2.74. The van der Waals surface area contributed by atoms with Crippen LogP contribution in [0.25, 0.3) is 0 Å². The summed E-state index contributed by atoms with van der Waals surface area (Å²) in [4.78, 5) is 16.6. The van der Waals surface area contributed by atoms with Gasteiger partial charge < -0.3 is 11.1 Å². The van der Waals surface area contributed by atoms with Crippen LogP contribution in [0.2, 0.25) is 0 Å². The van der Waals surface area contributed by atoms with E-state index in [-0.39, 0.29) is 11.3 Å². The molecule has 144 valence electrons. The van der Waals surface area contributed by atoms with Crippen LogP contribution in [0.3, 0.4) is 0 Å². The molecule has 1 amide bonds. The molecule has 0 spiro atoms. The smallest absolute Gasteiger partial charge is 0.398 e. The lowest BCUT2D eigenvalue weighted by Gasteiger charge is -2.14. The molecule has 0 bridgehead atoms. The van der Waals surface area contributed by atoms with E-state index in [2.05, 4.69) is 10.3 Å². The van der Waals surface area contributed by atoms with E-state index in [1.54, 1.807) is 36.7 Å². The van der Waals surface area contributed by atoms with E-state index in [1.807, 2.05) is 0 Å². The van der Waals surface area contributed by atoms with Gasteiger partial charge in [-0.2, -0.15) is 13.2 Å². The number of carbonyl (C=O) groups is 1. The minimum absolute atomic E-state index is 0.189. The van der Waals surface area contributed by atoms with Crippen LogP contribution < -0.4 is 11.1 Å². The summed E-state index contributed by atoms with van der Waals surface area (Å²) in [5, 5.41) is 2.32. The first-order chi connectivity index (χ1) is 13.2. The van der Waals surface area contributed by atoms with Gasteiger partial charge in [-0.05, 0) is 53.6 Å². The summed E-state index contributed by atoms with van der Waals surface area (Å²) in [6.45, 7) is 0. The molecule has 3 rings (SSSR count). The highest BCUT2D eigenvalue weighted by molar-refractivity contribution is 6.06. The van der Waals surface area contributed by atoms with Crippen molar-refractivity contribution in [1.29, 1.82) is 0 Å². The molecule has 0 aliphatic carbocycles. The Morgan fingerprint density at radius 2 is 1.79 bits per heavy atom. The van der Waals surface area contributed by atoms with E-state index in [1.165, 1.54) is 6.07 Å². The molecule has 28 heavy (non-hydrogen) atoms. The zero-order chi connectivity index (χ0) is 20.3. The second kappa shape index (κ2) is 7.67. The molecular formula is C20H15F4N3O. The summed E-state index contributed by atoms with van der Waals surface area (Å²) in [6.07, 6.45) is -1.21. The summed E-state index contributed by atoms with van der Waals surface area (Å²) in [6, 6.07) is 10.1. The highest BCUT2D eigenvalue weighted by atomic mass is 19.4. The lowest BCUT2D eigenvalue weighted by molar-refractivity contribution is -0.137. The summed E-state index contributed by atoms with van der Waals surface area (Å²) >= 11 is 0. The highest BCUT2D eigenvalue weighted by Gasteiger charge is 2.31. The number of anilines is 2. The van der Waals surface area contributed by atoms with Crippen LogP contribution in [0.4, 0.5) is 28.9 Å². The van der Waals surface area contributed by atoms with Crippen LogP contribution in [0.5, 0.6) is 0 Å². The lowest BCUT2D eigenvalue weighted by Crippen LogP contribution is -2.16. The topological polar surface area (TPSA) is 68.0 Å². The molecule has 0 fully saturated rings. The number of pyridine rings is 1. The Labute approximate surface area is 158 Å². The van der Waals surface area contributed by atoms with Crippen molar-refractivity contribution in [2.75, 3.05) is 11.1 Å². The zero-order valence-electron chi connectivity index (χ0n) is 14.4. The van der Waals surface area contributed by atoms with Crippen molar-refractivity contribution in [3.05, 3.63) is 89.0 Å². The maximum atomic E-state index is 13.6. The molecule has 0 aliphatic heterocycles. The number of hydrogen-bond donors (Lipinski definition) is 2. The molecule has 3 aromatic rings. The van der Waals surface area contributed by atoms with Gasteiger partial charge in [0.05, 0.1) is 5.56 Å². The maximum Gasteiger partial charge on any atom is 0.416 e. The van der Waals surface area contributed by atoms with Crippen molar-refractivity contribution in [2.24, 2.45) is 0 Å². The van der Waals surface area contributed by atoms with Gasteiger partial charge in [0, 0.05) is 35.8 Å². The first-order valence-corrected chi connectivity index (χ1v) is 8.19. The van der Waals surface area contributed by atoms with Crippen LogP contribution in [0.1, 0.15) is 27.0 Å². The molecule has 1 heterocycles. The number of halogens is 4. The average Bonchev–Trinajstić information content (AvgIpc) is 2.63. The Balaban J connectivity index is 1.92. The van der Waals surface area contributed by atoms with Crippen molar-refractivity contribution < 1.29 is 22.4 Å². The van der Waals surface area contributed by atoms with E-state index in [4.69, 9.17) is 5.73 Å². The monoisotopic (exact) mass is 389 g/mol. The van der Waals surface area contributed by atoms with Crippen molar-refractivity contribution in [3.8, 4) is 0 Å². The Morgan fingerprint density at radius 3 is 2.46 bits per heavy atom. The molecule has 0 saturated heterocycles. The fourth-order valence-electron chi connectivity index (χ4n) is 2.74. The van der Waals surface area contributed by atoms with Gasteiger partial charge >= 0.3 is 6.18 Å². The third-order valence-corrected chi connectivity index (χ3v) is 4.07. The largest absolute Gasteiger partial charge is 0.416 e. The summed E-state index contributed by atoms with van der Waals surface area (Å²) in [5.41, 5.74) is 6.43. The summed E-state index contributed by atoms with van der Waals surface area (Å²) < 4.78 is 52.2. The maximum absolute atomic E-state index is 13.6. The molecule has 0 unspecified atom stereocenters. The van der Waals surface area contributed by atoms with Gasteiger partial charge in [-0.15, -0.1) is 0 Å². The number of hydrogen-bond acceptors (Lipinski definition) is 3. The fraction of sp³-hybridized carbons (Fsp3) is 0.100. The Hall–Kier alpha value is -3.42. The molecule has 8 heteroatoms. The molecule has 0 aliphatic rings. The molecule has 3 N–H and O–H groups in total. The normalized spacial score (nSPS) is 11.3. The number of alkyl halides is 3. The Morgan fingerprint density at radius 1 is 1.07 bits per heavy atom. The lowest BCUT2D eigenvalue weighted by atomic mass is 9.98. The van der Waals surface area contributed by atoms with Gasteiger partial charge in [0.2, 0.25) is 0 Å². The van der Waals surface area contributed by atoms with Crippen LogP contribution in [0, 0.1) is 5.82 Å². The number of amides is 1. The van der Waals surface area contributed by atoms with Gasteiger partial charge in [0.15, 0.2) is 0 Å². The van der Waals surface area contributed by atoms with E-state index in [0.717, 1.165) is 11.6 Å². The third-order valence-electron chi connectivity index (χ3n) is 4.07. The zero-order valence-corrected chi connectivity index (χ0v) is 14.4. The number of nitrogens with two attached hydrogens (primary N) is 1. The van der Waals surface area contributed by atoms with Crippen molar-refractivity contribution >= 4 is 17.3 Å². The van der Waals surface area contributed by atoms with Gasteiger partial charge in [-0.25, -0.2) is 4.39 Å². The van der Waals surface area contributed by atoms with Crippen molar-refractivity contribution in [2.45, 2.75) is 12.6 Å². The number of nitrogen functional groups attached to an aromatic ring is 1. The third kappa shape index (κ3) is 4.46. The first-order valence-electron chi connectivity index (χ1n) is 8.19. The highest BCUT2D eigenvalue weighted by Crippen LogP contribution is 2.32. The summed E-state index contributed by atoms with van der Waals surface area (Å²) in [7, 11) is 0. The van der Waals surface area contributed by atoms with Gasteiger partial charge in [0.1, 0.15) is 5.82 Å². The molecule has 0 atom stereocenters. The SMILES string of the molecule is Nc1cccc(C(=O)Nc2cc(F)cc(C(F)(F)F)c2)c1Cc1ccncc1. The number of nitrogens with zero attached hydrogens (tertiary/aromatic N) is 1. The van der Waals surface area contributed by atoms with E-state index in [9.17, 15) is 22.4 Å². The predicted octanol–water partition coefficient (Wildman–Crippen LogP) is 4.66. The second-order valence-corrected chi connectivity index (χ2v) is 6.09. The number of carbonyl (C=O) groups excluding carboxylic acids is 1. The number of rotatable bonds is 4. The van der Waals surface area contributed by atoms with E-state index < -0.39 is 23.5 Å². The molecular weight excluding hydrogens is 374 g/mol. The predicted molar refractivity (Wildman–Crippen MR) is 97.3 cm³/mol. The van der Waals surface area contributed by atoms with Gasteiger partial charge in [-0.3, -0.25) is 9.78 Å². The quantitative estimate of drug-likeness (QED) is 0.504. The molecule has 0 saturated carbocycles. The number of aromatic nitrogens is 1. The standard InChI is InChI=1S/C20H15F4N3O/c21-14-9-13(20(22,23)24)10-15(11-14)27-19(28)16-2-1-3-18(25)17(16)8-12-4-6-26-7-5-12/h1-7,9-11H,8,25H2,(H,27,28). The molecule has 1 aromatic heterocycles. The minimum Gasteiger partial charge on any atom is -0.398 e. The van der Waals surface area contributed by atoms with Gasteiger partial charge in [0.25, 0.3) is 5.91 Å². The first kappa shape index (κ1) is 19.3. The minimum atomic E-state index is -4.73. The van der Waals surface area contributed by atoms with E-state index >= 15 is 0 Å². The van der Waals surface area contributed by atoms with Crippen LogP contribution in [-0.2, 0) is 12.6 Å². The Bertz CT molecular complexity index is 1000. The van der Waals surface area contributed by atoms with E-state index in [0.29, 0.717) is 29.8 Å². The van der Waals surface area contributed by atoms with Crippen LogP contribution in [-0.4, -0.2) is 10.9 Å². The second-order valence-electron chi connectivity index (χ2n) is 6.09. The van der Waals surface area contributed by atoms with Crippen molar-refractivity contribution in [3.63, 3.8) is 0 Å². The molecule has 4 nitrogen and oxygen atoms in total. The van der Waals surface area contributed by atoms with Crippen LogP contribution >= 0.6 is 0 Å². The Kier molecular flexibility index (Phi) is 5.30. The number of benzene rings is 2. The average molecular weight is 389 g/mol. The summed E-state index contributed by atoms with van der Waals surface area (Å²) in [5.74, 6) is -1.79.